The van der Waals surface area contributed by atoms with Gasteiger partial charge in [-0.2, -0.15) is 8.42 Å². The lowest BCUT2D eigenvalue weighted by molar-refractivity contribution is -0.0689. The van der Waals surface area contributed by atoms with Crippen molar-refractivity contribution in [2.45, 2.75) is 77.1 Å². The lowest BCUT2D eigenvalue weighted by Crippen LogP contribution is -2.46. The minimum absolute atomic E-state index is 0.0864. The summed E-state index contributed by atoms with van der Waals surface area (Å²) in [4.78, 5) is 15.1. The maximum atomic E-state index is 12.7. The summed E-state index contributed by atoms with van der Waals surface area (Å²) < 4.78 is 31.4. The van der Waals surface area contributed by atoms with E-state index in [0.717, 1.165) is 56.4 Å². The predicted octanol–water partition coefficient (Wildman–Crippen LogP) is 4.67. The van der Waals surface area contributed by atoms with Gasteiger partial charge in [-0.25, -0.2) is 5.14 Å². The van der Waals surface area contributed by atoms with Crippen molar-refractivity contribution in [1.82, 2.24) is 4.90 Å². The molecule has 0 spiro atoms. The Morgan fingerprint density at radius 2 is 1.61 bits per heavy atom. The average Bonchev–Trinajstić information content (AvgIpc) is 2.83. The van der Waals surface area contributed by atoms with Gasteiger partial charge in [-0.1, -0.05) is 74.7 Å². The number of ether oxygens (including phenoxy) is 1. The summed E-state index contributed by atoms with van der Waals surface area (Å²) in [6.45, 7) is 9.42. The highest BCUT2D eigenvalue weighted by Gasteiger charge is 2.24. The van der Waals surface area contributed by atoms with Crippen molar-refractivity contribution in [2.24, 2.45) is 5.14 Å². The highest BCUT2D eigenvalue weighted by atomic mass is 32.2. The van der Waals surface area contributed by atoms with Crippen LogP contribution in [-0.4, -0.2) is 57.0 Å². The SMILES string of the molecule is CC1CN(CC(C)c2cccc(C(=O)c3ccccc3)c2)CC(C)O1.NS(=O)(=O)OC1CCCCC1. The van der Waals surface area contributed by atoms with Gasteiger partial charge < -0.3 is 4.74 Å². The van der Waals surface area contributed by atoms with Crippen molar-refractivity contribution in [1.29, 1.82) is 0 Å². The van der Waals surface area contributed by atoms with E-state index >= 15 is 0 Å². The maximum Gasteiger partial charge on any atom is 0.333 e. The van der Waals surface area contributed by atoms with Gasteiger partial charge in [0.15, 0.2) is 5.78 Å². The van der Waals surface area contributed by atoms with E-state index in [9.17, 15) is 13.2 Å². The molecule has 0 bridgehead atoms. The van der Waals surface area contributed by atoms with Crippen LogP contribution in [0, 0.1) is 0 Å². The summed E-state index contributed by atoms with van der Waals surface area (Å²) in [7, 11) is -3.72. The van der Waals surface area contributed by atoms with Crippen LogP contribution in [0.4, 0.5) is 0 Å². The molecule has 2 aromatic rings. The van der Waals surface area contributed by atoms with Crippen LogP contribution in [0.25, 0.3) is 0 Å². The topological polar surface area (TPSA) is 98.9 Å². The summed E-state index contributed by atoms with van der Waals surface area (Å²) in [5.74, 6) is 0.462. The second-order valence-electron chi connectivity index (χ2n) is 10.0. The normalized spacial score (nSPS) is 22.3. The number of carbonyl (C=O) groups is 1. The number of hydrogen-bond acceptors (Lipinski definition) is 6. The lowest BCUT2D eigenvalue weighted by Gasteiger charge is -2.36. The standard InChI is InChI=1S/C22H27NO2.C6H13NO3S/c1-16(13-23-14-17(2)25-18(3)15-23)20-10-7-11-21(12-20)22(24)19-8-5-4-6-9-19;7-11(8,9)10-6-4-2-1-3-5-6/h4-12,16-18H,13-15H2,1-3H3;6H,1-5H2,(H2,7,8,9). The Morgan fingerprint density at radius 1 is 1.00 bits per heavy atom. The largest absolute Gasteiger partial charge is 0.373 e. The van der Waals surface area contributed by atoms with Crippen molar-refractivity contribution < 1.29 is 22.1 Å². The summed E-state index contributed by atoms with van der Waals surface area (Å²) >= 11 is 0. The molecule has 1 saturated carbocycles. The molecule has 1 saturated heterocycles. The molecule has 7 nitrogen and oxygen atoms in total. The van der Waals surface area contributed by atoms with Crippen molar-refractivity contribution in [3.05, 3.63) is 71.3 Å². The quantitative estimate of drug-likeness (QED) is 0.537. The molecule has 3 unspecified atom stereocenters. The second kappa shape index (κ2) is 13.4. The zero-order valence-electron chi connectivity index (χ0n) is 21.6. The number of hydrogen-bond donors (Lipinski definition) is 1. The van der Waals surface area contributed by atoms with E-state index in [1.165, 1.54) is 12.0 Å². The Labute approximate surface area is 216 Å². The number of nitrogens with zero attached hydrogens (tertiary/aromatic N) is 1. The highest BCUT2D eigenvalue weighted by Crippen LogP contribution is 2.22. The summed E-state index contributed by atoms with van der Waals surface area (Å²) in [6.07, 6.45) is 5.28. The van der Waals surface area contributed by atoms with E-state index in [1.807, 2.05) is 48.5 Å². The van der Waals surface area contributed by atoms with Gasteiger partial charge in [0.05, 0.1) is 18.3 Å². The molecule has 2 fully saturated rings. The molecule has 0 radical (unpaired) electrons. The number of ketones is 1. The Kier molecular flexibility index (Phi) is 10.6. The Balaban J connectivity index is 0.000000275. The molecule has 1 aliphatic carbocycles. The van der Waals surface area contributed by atoms with E-state index < -0.39 is 10.3 Å². The summed E-state index contributed by atoms with van der Waals surface area (Å²) in [5.41, 5.74) is 2.72. The molecule has 2 N–H and O–H groups in total. The van der Waals surface area contributed by atoms with Gasteiger partial charge >= 0.3 is 10.3 Å². The first-order valence-corrected chi connectivity index (χ1v) is 14.4. The van der Waals surface area contributed by atoms with Gasteiger partial charge in [-0.3, -0.25) is 13.9 Å². The zero-order valence-corrected chi connectivity index (χ0v) is 22.5. The summed E-state index contributed by atoms with van der Waals surface area (Å²) in [6, 6.07) is 17.6. The van der Waals surface area contributed by atoms with E-state index in [2.05, 4.69) is 35.9 Å². The van der Waals surface area contributed by atoms with Crippen molar-refractivity contribution in [3.63, 3.8) is 0 Å². The monoisotopic (exact) mass is 516 g/mol. The van der Waals surface area contributed by atoms with Crippen LogP contribution in [-0.2, 0) is 19.2 Å². The third-order valence-electron chi connectivity index (χ3n) is 6.60. The zero-order chi connectivity index (χ0) is 26.1. The molecular weight excluding hydrogens is 476 g/mol. The van der Waals surface area contributed by atoms with Crippen LogP contribution >= 0.6 is 0 Å². The van der Waals surface area contributed by atoms with Gasteiger partial charge in [0.1, 0.15) is 0 Å². The van der Waals surface area contributed by atoms with Crippen LogP contribution < -0.4 is 5.14 Å². The van der Waals surface area contributed by atoms with Gasteiger partial charge in [0.2, 0.25) is 0 Å². The molecule has 1 heterocycles. The van der Waals surface area contributed by atoms with Crippen molar-refractivity contribution in [2.75, 3.05) is 19.6 Å². The first kappa shape index (κ1) is 28.5. The second-order valence-corrected chi connectivity index (χ2v) is 11.2. The fourth-order valence-electron chi connectivity index (χ4n) is 5.02. The average molecular weight is 517 g/mol. The van der Waals surface area contributed by atoms with Crippen molar-refractivity contribution >= 4 is 16.1 Å². The van der Waals surface area contributed by atoms with Gasteiger partial charge in [0, 0.05) is 30.8 Å². The van der Waals surface area contributed by atoms with Gasteiger partial charge in [0.25, 0.3) is 0 Å². The highest BCUT2D eigenvalue weighted by molar-refractivity contribution is 7.84. The summed E-state index contributed by atoms with van der Waals surface area (Å²) in [5, 5.41) is 4.72. The fraction of sp³-hybridized carbons (Fsp3) is 0.536. The van der Waals surface area contributed by atoms with E-state index in [0.29, 0.717) is 5.92 Å². The molecule has 0 aromatic heterocycles. The van der Waals surface area contributed by atoms with Crippen LogP contribution in [0.2, 0.25) is 0 Å². The maximum absolute atomic E-state index is 12.7. The van der Waals surface area contributed by atoms with Crippen LogP contribution in [0.5, 0.6) is 0 Å². The fourth-order valence-corrected chi connectivity index (χ4v) is 5.59. The number of carbonyl (C=O) groups excluding carboxylic acids is 1. The number of nitrogens with two attached hydrogens (primary N) is 1. The van der Waals surface area contributed by atoms with E-state index in [1.54, 1.807) is 0 Å². The van der Waals surface area contributed by atoms with E-state index in [4.69, 9.17) is 9.88 Å². The van der Waals surface area contributed by atoms with Gasteiger partial charge in [-0.15, -0.1) is 0 Å². The first-order chi connectivity index (χ1) is 17.1. The third kappa shape index (κ3) is 9.41. The molecule has 198 valence electrons. The van der Waals surface area contributed by atoms with Crippen molar-refractivity contribution in [3.8, 4) is 0 Å². The smallest absolute Gasteiger partial charge is 0.333 e. The third-order valence-corrected chi connectivity index (χ3v) is 7.14. The van der Waals surface area contributed by atoms with E-state index in [-0.39, 0.29) is 24.1 Å². The van der Waals surface area contributed by atoms with Gasteiger partial charge in [-0.05, 0) is 44.2 Å². The van der Waals surface area contributed by atoms with Crippen LogP contribution in [0.3, 0.4) is 0 Å². The molecule has 8 heteroatoms. The minimum Gasteiger partial charge on any atom is -0.373 e. The molecule has 2 aliphatic rings. The Bertz CT molecular complexity index is 1060. The predicted molar refractivity (Wildman–Crippen MR) is 142 cm³/mol. The molecular formula is C28H40N2O5S. The Hall–Kier alpha value is -2.10. The lowest BCUT2D eigenvalue weighted by atomic mass is 9.95. The minimum atomic E-state index is -3.72. The number of rotatable bonds is 7. The molecule has 4 rings (SSSR count). The number of benzene rings is 2. The molecule has 2 aromatic carbocycles. The molecule has 0 amide bonds. The first-order valence-electron chi connectivity index (χ1n) is 12.9. The van der Waals surface area contributed by atoms with Crippen LogP contribution in [0.1, 0.15) is 80.3 Å². The Morgan fingerprint density at radius 3 is 2.22 bits per heavy atom. The number of morpholine rings is 1. The van der Waals surface area contributed by atoms with Crippen LogP contribution in [0.15, 0.2) is 54.6 Å². The molecule has 1 aliphatic heterocycles. The molecule has 3 atom stereocenters. The molecule has 36 heavy (non-hydrogen) atoms.